The number of aryl methyl sites for hydroxylation is 1. The van der Waals surface area contributed by atoms with Crippen molar-refractivity contribution >= 4 is 0 Å². The summed E-state index contributed by atoms with van der Waals surface area (Å²) in [7, 11) is 0. The van der Waals surface area contributed by atoms with Crippen LogP contribution in [0.1, 0.15) is 56.1 Å². The van der Waals surface area contributed by atoms with Crippen LogP contribution in [0.4, 0.5) is 30.7 Å². The number of hydrogen-bond donors (Lipinski definition) is 0. The minimum atomic E-state index is -4.62. The molecule has 3 aromatic rings. The van der Waals surface area contributed by atoms with Crippen LogP contribution in [-0.2, 0) is 12.5 Å². The van der Waals surface area contributed by atoms with E-state index in [0.29, 0.717) is 5.56 Å². The maximum absolute atomic E-state index is 14.6. The Hall–Kier alpha value is -3.03. The summed E-state index contributed by atoms with van der Waals surface area (Å²) < 4.78 is 102. The van der Waals surface area contributed by atoms with Crippen LogP contribution in [0, 0.1) is 35.0 Å². The molecule has 192 valence electrons. The Kier molecular flexibility index (Phi) is 7.91. The Balaban J connectivity index is 1.44. The second kappa shape index (κ2) is 10.9. The maximum Gasteiger partial charge on any atom is 0.432 e. The summed E-state index contributed by atoms with van der Waals surface area (Å²) in [4.78, 5) is 0. The molecule has 0 heterocycles. The molecule has 0 aliphatic heterocycles. The van der Waals surface area contributed by atoms with E-state index in [2.05, 4.69) is 4.74 Å². The molecule has 0 unspecified atom stereocenters. The highest BCUT2D eigenvalue weighted by Gasteiger charge is 2.41. The third kappa shape index (κ3) is 6.02. The summed E-state index contributed by atoms with van der Waals surface area (Å²) in [6, 6.07) is 8.79. The molecule has 0 amide bonds. The van der Waals surface area contributed by atoms with E-state index in [-0.39, 0.29) is 17.7 Å². The van der Waals surface area contributed by atoms with Crippen molar-refractivity contribution in [3.8, 4) is 16.9 Å². The normalized spacial score (nSPS) is 14.4. The molecule has 0 spiro atoms. The molecule has 0 bridgehead atoms. The van der Waals surface area contributed by atoms with Gasteiger partial charge in [-0.3, -0.25) is 0 Å². The molecular formula is C28H25F7O. The third-order valence-corrected chi connectivity index (χ3v) is 6.63. The molecule has 1 saturated carbocycles. The lowest BCUT2D eigenvalue weighted by atomic mass is 9.97. The van der Waals surface area contributed by atoms with Crippen molar-refractivity contribution < 1.29 is 35.5 Å². The highest BCUT2D eigenvalue weighted by molar-refractivity contribution is 5.64. The van der Waals surface area contributed by atoms with E-state index in [1.54, 1.807) is 12.1 Å². The van der Waals surface area contributed by atoms with Gasteiger partial charge < -0.3 is 4.74 Å². The van der Waals surface area contributed by atoms with Gasteiger partial charge in [0.15, 0.2) is 17.5 Å². The molecule has 36 heavy (non-hydrogen) atoms. The van der Waals surface area contributed by atoms with Crippen molar-refractivity contribution in [2.45, 2.75) is 57.5 Å². The summed E-state index contributed by atoms with van der Waals surface area (Å²) in [5, 5.41) is 0. The summed E-state index contributed by atoms with van der Waals surface area (Å²) in [5.74, 6) is -8.94. The number of alkyl halides is 2. The summed E-state index contributed by atoms with van der Waals surface area (Å²) in [5.41, 5.74) is -0.186. The van der Waals surface area contributed by atoms with Gasteiger partial charge in [-0.25, -0.2) is 22.0 Å². The van der Waals surface area contributed by atoms with Gasteiger partial charge in [-0.05, 0) is 47.6 Å². The van der Waals surface area contributed by atoms with E-state index in [1.807, 2.05) is 12.1 Å². The van der Waals surface area contributed by atoms with E-state index in [4.69, 9.17) is 0 Å². The Morgan fingerprint density at radius 3 is 1.89 bits per heavy atom. The van der Waals surface area contributed by atoms with E-state index >= 15 is 0 Å². The molecular weight excluding hydrogens is 485 g/mol. The summed E-state index contributed by atoms with van der Waals surface area (Å²) in [6.45, 7) is 0. The van der Waals surface area contributed by atoms with Gasteiger partial charge in [0.05, 0.1) is 0 Å². The topological polar surface area (TPSA) is 9.23 Å². The first-order valence-corrected chi connectivity index (χ1v) is 11.9. The van der Waals surface area contributed by atoms with Crippen molar-refractivity contribution in [2.24, 2.45) is 5.92 Å². The molecule has 0 saturated heterocycles. The quantitative estimate of drug-likeness (QED) is 0.159. The van der Waals surface area contributed by atoms with Crippen molar-refractivity contribution in [1.29, 1.82) is 0 Å². The lowest BCUT2D eigenvalue weighted by molar-refractivity contribution is -0.189. The first-order chi connectivity index (χ1) is 17.1. The monoisotopic (exact) mass is 510 g/mol. The lowest BCUT2D eigenvalue weighted by Crippen LogP contribution is -2.25. The smallest absolute Gasteiger partial charge is 0.429 e. The van der Waals surface area contributed by atoms with E-state index in [1.165, 1.54) is 32.1 Å². The molecule has 1 nitrogen and oxygen atoms in total. The Morgan fingerprint density at radius 2 is 1.31 bits per heavy atom. The van der Waals surface area contributed by atoms with Gasteiger partial charge in [-0.1, -0.05) is 62.8 Å². The number of unbranched alkanes of at least 4 members (excludes halogenated alkanes) is 1. The molecule has 0 atom stereocenters. The van der Waals surface area contributed by atoms with Crippen LogP contribution in [0.2, 0.25) is 0 Å². The molecule has 1 fully saturated rings. The number of hydrogen-bond acceptors (Lipinski definition) is 1. The van der Waals surface area contributed by atoms with Crippen LogP contribution in [0.3, 0.4) is 0 Å². The summed E-state index contributed by atoms with van der Waals surface area (Å²) in [6.07, 6.45) is 4.99. The minimum absolute atomic E-state index is 0.0382. The van der Waals surface area contributed by atoms with Gasteiger partial charge in [-0.15, -0.1) is 0 Å². The molecule has 1 aliphatic rings. The van der Waals surface area contributed by atoms with Gasteiger partial charge >= 0.3 is 6.11 Å². The predicted octanol–water partition coefficient (Wildman–Crippen LogP) is 9.08. The van der Waals surface area contributed by atoms with Crippen molar-refractivity contribution in [3.63, 3.8) is 0 Å². The van der Waals surface area contributed by atoms with Crippen LogP contribution >= 0.6 is 0 Å². The van der Waals surface area contributed by atoms with Crippen molar-refractivity contribution in [3.05, 3.63) is 88.7 Å². The molecule has 8 heteroatoms. The highest BCUT2D eigenvalue weighted by atomic mass is 19.3. The number of ether oxygens (including phenoxy) is 1. The van der Waals surface area contributed by atoms with Gasteiger partial charge in [-0.2, -0.15) is 8.78 Å². The van der Waals surface area contributed by atoms with E-state index in [9.17, 15) is 30.7 Å². The Bertz CT molecular complexity index is 1160. The first kappa shape index (κ1) is 26.0. The minimum Gasteiger partial charge on any atom is -0.429 e. The first-order valence-electron chi connectivity index (χ1n) is 11.9. The lowest BCUT2D eigenvalue weighted by Gasteiger charge is -2.20. The average molecular weight is 510 g/mol. The fourth-order valence-electron chi connectivity index (χ4n) is 4.73. The Labute approximate surface area is 204 Å². The molecule has 0 aromatic heterocycles. The van der Waals surface area contributed by atoms with Crippen molar-refractivity contribution in [1.82, 2.24) is 0 Å². The average Bonchev–Trinajstić information content (AvgIpc) is 3.33. The zero-order chi connectivity index (χ0) is 25.9. The number of halogens is 7. The zero-order valence-corrected chi connectivity index (χ0v) is 19.4. The second-order valence-corrected chi connectivity index (χ2v) is 9.23. The fourth-order valence-corrected chi connectivity index (χ4v) is 4.73. The van der Waals surface area contributed by atoms with Gasteiger partial charge in [0, 0.05) is 12.1 Å². The molecule has 0 N–H and O–H groups in total. The molecule has 3 aromatic carbocycles. The second-order valence-electron chi connectivity index (χ2n) is 9.23. The molecule has 0 radical (unpaired) electrons. The Morgan fingerprint density at radius 1 is 0.722 bits per heavy atom. The summed E-state index contributed by atoms with van der Waals surface area (Å²) >= 11 is 0. The van der Waals surface area contributed by atoms with Crippen LogP contribution in [-0.4, -0.2) is 0 Å². The van der Waals surface area contributed by atoms with Crippen LogP contribution in [0.15, 0.2) is 48.5 Å². The SMILES string of the molecule is Fc1cc(OC(F)(F)c2c(F)cc(-c3ccc(CCCCC4CCCC4)cc3)cc2F)cc(F)c1F. The molecule has 4 rings (SSSR count). The van der Waals surface area contributed by atoms with Gasteiger partial charge in [0.25, 0.3) is 0 Å². The van der Waals surface area contributed by atoms with Crippen molar-refractivity contribution in [2.75, 3.05) is 0 Å². The predicted molar refractivity (Wildman–Crippen MR) is 122 cm³/mol. The van der Waals surface area contributed by atoms with Crippen LogP contribution in [0.5, 0.6) is 5.75 Å². The van der Waals surface area contributed by atoms with Gasteiger partial charge in [0.2, 0.25) is 0 Å². The van der Waals surface area contributed by atoms with Crippen LogP contribution in [0.25, 0.3) is 11.1 Å². The van der Waals surface area contributed by atoms with E-state index in [0.717, 1.165) is 42.9 Å². The number of rotatable bonds is 9. The van der Waals surface area contributed by atoms with E-state index < -0.39 is 46.5 Å². The zero-order valence-electron chi connectivity index (χ0n) is 19.4. The fraction of sp³-hybridized carbons (Fsp3) is 0.357. The van der Waals surface area contributed by atoms with Gasteiger partial charge in [0.1, 0.15) is 22.9 Å². The third-order valence-electron chi connectivity index (χ3n) is 6.63. The molecule has 1 aliphatic carbocycles. The largest absolute Gasteiger partial charge is 0.432 e. The highest BCUT2D eigenvalue weighted by Crippen LogP contribution is 2.37. The number of benzene rings is 3. The van der Waals surface area contributed by atoms with Crippen LogP contribution < -0.4 is 4.74 Å². The standard InChI is InChI=1S/C28H25F7O/c29-22-13-20(19-11-9-18(10-12-19)8-4-3-7-17-5-1-2-6-17)14-23(30)26(22)28(34,35)36-21-15-24(31)27(33)25(32)16-21/h9-17H,1-8H2. The maximum atomic E-state index is 14.6.